The van der Waals surface area contributed by atoms with E-state index in [1.807, 2.05) is 32.4 Å². The van der Waals surface area contributed by atoms with E-state index in [9.17, 15) is 24.0 Å². The largest absolute Gasteiger partial charge is 0.378 e. The lowest BCUT2D eigenvalue weighted by Gasteiger charge is -2.44. The summed E-state index contributed by atoms with van der Waals surface area (Å²) >= 11 is 0. The zero-order valence-electron chi connectivity index (χ0n) is 23.7. The van der Waals surface area contributed by atoms with Crippen LogP contribution in [0, 0.1) is 17.2 Å². The fraction of sp³-hybridized carbons (Fsp3) is 0.800. The molecule has 1 aliphatic rings. The molecule has 0 spiro atoms. The molecule has 0 unspecified atom stereocenters. The molecule has 38 heavy (non-hydrogen) atoms. The lowest BCUT2D eigenvalue weighted by atomic mass is 9.99. The van der Waals surface area contributed by atoms with E-state index in [0.29, 0.717) is 12.8 Å². The summed E-state index contributed by atoms with van der Waals surface area (Å²) in [4.78, 5) is 26.9. The topological polar surface area (TPSA) is 144 Å². The van der Waals surface area contributed by atoms with Crippen molar-refractivity contribution in [1.82, 2.24) is 14.2 Å². The third-order valence-electron chi connectivity index (χ3n) is 7.33. The maximum absolute atomic E-state index is 14.7. The Bertz CT molecular complexity index is 1140. The van der Waals surface area contributed by atoms with Gasteiger partial charge < -0.3 is 18.3 Å². The molecular weight excluding hydrogens is 530 g/mol. The normalized spacial score (nSPS) is 22.4. The van der Waals surface area contributed by atoms with Crippen LogP contribution in [0.2, 0.25) is 0 Å². The second kappa shape index (κ2) is 14.2. The highest BCUT2D eigenvalue weighted by Crippen LogP contribution is 2.62. The van der Waals surface area contributed by atoms with Gasteiger partial charge in [-0.2, -0.15) is 5.26 Å². The third-order valence-corrected chi connectivity index (χ3v) is 13.7. The van der Waals surface area contributed by atoms with Gasteiger partial charge in [0.25, 0.3) is 5.56 Å². The highest BCUT2D eigenvalue weighted by Gasteiger charge is 2.53. The number of aromatic amines is 1. The summed E-state index contributed by atoms with van der Waals surface area (Å²) in [5, 5.41) is 9.46. The Morgan fingerprint density at radius 1 is 1.16 bits per heavy atom. The number of hydrogen-bond acceptors (Lipinski definition) is 8. The van der Waals surface area contributed by atoms with Gasteiger partial charge in [0.15, 0.2) is 7.29 Å². The Kier molecular flexibility index (Phi) is 12.2. The zero-order valence-corrected chi connectivity index (χ0v) is 25.5. The van der Waals surface area contributed by atoms with Gasteiger partial charge >= 0.3 is 13.3 Å². The van der Waals surface area contributed by atoms with Crippen LogP contribution in [0.3, 0.4) is 0 Å². The van der Waals surface area contributed by atoms with Gasteiger partial charge in [-0.15, -0.1) is 0 Å². The van der Waals surface area contributed by atoms with Crippen LogP contribution in [0.4, 0.5) is 0 Å². The maximum Gasteiger partial charge on any atom is 0.330 e. The quantitative estimate of drug-likeness (QED) is 0.301. The average molecular weight is 575 g/mol. The van der Waals surface area contributed by atoms with Crippen LogP contribution in [0.15, 0.2) is 21.9 Å². The van der Waals surface area contributed by atoms with E-state index in [1.54, 1.807) is 21.0 Å². The summed E-state index contributed by atoms with van der Waals surface area (Å²) in [6.07, 6.45) is 2.06. The van der Waals surface area contributed by atoms with Crippen LogP contribution in [-0.4, -0.2) is 70.7 Å². The molecule has 11 nitrogen and oxygen atoms in total. The predicted octanol–water partition coefficient (Wildman–Crippen LogP) is 4.45. The number of hydrogen-bond donors (Lipinski definition) is 1. The monoisotopic (exact) mass is 574 g/mol. The summed E-state index contributed by atoms with van der Waals surface area (Å²) < 4.78 is 48.5. The van der Waals surface area contributed by atoms with Crippen LogP contribution in [0.25, 0.3) is 0 Å². The van der Waals surface area contributed by atoms with Crippen molar-refractivity contribution in [2.45, 2.75) is 90.3 Å². The van der Waals surface area contributed by atoms with Crippen molar-refractivity contribution in [3.8, 4) is 6.07 Å². The molecule has 1 saturated carbocycles. The molecule has 0 aliphatic heterocycles. The molecule has 4 atom stereocenters. The van der Waals surface area contributed by atoms with Gasteiger partial charge in [-0.05, 0) is 32.6 Å². The van der Waals surface area contributed by atoms with Crippen molar-refractivity contribution in [2.75, 3.05) is 33.0 Å². The molecule has 0 aromatic carbocycles. The van der Waals surface area contributed by atoms with Crippen molar-refractivity contribution in [3.63, 3.8) is 0 Å². The second-order valence-corrected chi connectivity index (χ2v) is 16.3. The minimum Gasteiger partial charge on any atom is -0.378 e. The van der Waals surface area contributed by atoms with Crippen molar-refractivity contribution < 1.29 is 22.9 Å². The SMILES string of the molecule is CCOP(=O)(CC[C@H]1C[C@@H](n2ccc(=O)[nH]c2=O)[C@H](OC)[C@@H]1N(CCC#N)P(=O)(C(C)C)C(C)C)OCC. The molecule has 1 aliphatic carbocycles. The van der Waals surface area contributed by atoms with Crippen LogP contribution in [0.5, 0.6) is 0 Å². The van der Waals surface area contributed by atoms with Gasteiger partial charge in [0, 0.05) is 49.7 Å². The molecule has 1 fully saturated rings. The van der Waals surface area contributed by atoms with Crippen molar-refractivity contribution in [1.29, 1.82) is 5.26 Å². The molecule has 13 heteroatoms. The smallest absolute Gasteiger partial charge is 0.330 e. The number of methoxy groups -OCH3 is 1. The van der Waals surface area contributed by atoms with Crippen LogP contribution in [0.1, 0.15) is 66.8 Å². The first-order valence-corrected chi connectivity index (χ1v) is 16.9. The van der Waals surface area contributed by atoms with Crippen molar-refractivity contribution >= 4 is 14.9 Å². The van der Waals surface area contributed by atoms with Crippen LogP contribution < -0.4 is 11.2 Å². The molecule has 1 heterocycles. The van der Waals surface area contributed by atoms with Gasteiger partial charge in [-0.3, -0.25) is 18.9 Å². The second-order valence-electron chi connectivity index (χ2n) is 10.2. The minimum atomic E-state index is -3.36. The highest BCUT2D eigenvalue weighted by molar-refractivity contribution is 7.62. The van der Waals surface area contributed by atoms with Gasteiger partial charge in [0.1, 0.15) is 0 Å². The zero-order chi connectivity index (χ0) is 28.7. The number of nitriles is 1. The Morgan fingerprint density at radius 3 is 2.24 bits per heavy atom. The van der Waals surface area contributed by atoms with E-state index < -0.39 is 44.3 Å². The van der Waals surface area contributed by atoms with E-state index in [4.69, 9.17) is 13.8 Å². The van der Waals surface area contributed by atoms with E-state index >= 15 is 0 Å². The van der Waals surface area contributed by atoms with Gasteiger partial charge in [0.2, 0.25) is 0 Å². The number of aromatic nitrogens is 2. The fourth-order valence-electron chi connectivity index (χ4n) is 5.79. The molecule has 1 N–H and O–H groups in total. The van der Waals surface area contributed by atoms with Crippen LogP contribution in [-0.2, 0) is 22.9 Å². The van der Waals surface area contributed by atoms with Crippen molar-refractivity contribution in [2.24, 2.45) is 5.92 Å². The molecule has 2 rings (SSSR count). The first-order chi connectivity index (χ1) is 17.9. The van der Waals surface area contributed by atoms with Crippen LogP contribution >= 0.6 is 14.9 Å². The van der Waals surface area contributed by atoms with Gasteiger partial charge in [-0.1, -0.05) is 27.7 Å². The molecule has 0 radical (unpaired) electrons. The Morgan fingerprint density at radius 2 is 1.76 bits per heavy atom. The molecular formula is C25H44N4O7P2. The summed E-state index contributed by atoms with van der Waals surface area (Å²) in [5.41, 5.74) is -1.43. The molecule has 216 valence electrons. The molecule has 1 aromatic heterocycles. The summed E-state index contributed by atoms with van der Waals surface area (Å²) in [6.45, 7) is 12.0. The molecule has 0 amide bonds. The summed E-state index contributed by atoms with van der Waals surface area (Å²) in [5.74, 6) is -0.206. The minimum absolute atomic E-state index is 0.152. The number of nitrogens with one attached hydrogen (secondary N) is 1. The third kappa shape index (κ3) is 7.15. The van der Waals surface area contributed by atoms with Crippen molar-refractivity contribution in [3.05, 3.63) is 33.1 Å². The van der Waals surface area contributed by atoms with E-state index in [0.717, 1.165) is 0 Å². The van der Waals surface area contributed by atoms with Gasteiger partial charge in [-0.25, -0.2) is 9.46 Å². The Hall–Kier alpha value is -1.53. The number of ether oxygens (including phenoxy) is 1. The summed E-state index contributed by atoms with van der Waals surface area (Å²) in [6, 6.07) is 2.55. The fourth-order valence-corrected chi connectivity index (χ4v) is 11.1. The highest BCUT2D eigenvalue weighted by atomic mass is 31.2. The standard InChI is InChI=1S/C25H44N4O7P2/c1-8-35-37(32,36-9-2)16-12-20-17-21(28-15-11-22(30)27-25(28)31)24(34-7)23(20)29(14-10-13-26)38(33,18(3)4)19(5)6/h11,15,18-21,23-24H,8-10,12,14,16-17H2,1-7H3,(H,27,30,31)/t20-,21+,23+,24-/m0/s1. The molecule has 0 bridgehead atoms. The Labute approximate surface area is 225 Å². The predicted molar refractivity (Wildman–Crippen MR) is 148 cm³/mol. The Balaban J connectivity index is 2.66. The van der Waals surface area contributed by atoms with E-state index in [1.165, 1.54) is 16.8 Å². The van der Waals surface area contributed by atoms with Gasteiger partial charge in [0.05, 0.1) is 37.6 Å². The average Bonchev–Trinajstić information content (AvgIpc) is 3.20. The lowest BCUT2D eigenvalue weighted by molar-refractivity contribution is 0.0253. The first kappa shape index (κ1) is 32.7. The molecule has 0 saturated heterocycles. The summed E-state index contributed by atoms with van der Waals surface area (Å²) in [7, 11) is -4.85. The lowest BCUT2D eigenvalue weighted by Crippen LogP contribution is -2.48. The number of rotatable bonds is 15. The first-order valence-electron chi connectivity index (χ1n) is 13.4. The number of nitrogens with zero attached hydrogens (tertiary/aromatic N) is 3. The number of H-pyrrole nitrogens is 1. The van der Waals surface area contributed by atoms with E-state index in [2.05, 4.69) is 11.1 Å². The molecule has 1 aromatic rings. The van der Waals surface area contributed by atoms with E-state index in [-0.39, 0.29) is 49.6 Å². The maximum atomic E-state index is 14.7.